The molecule has 1 heterocycles. The van der Waals surface area contributed by atoms with Gasteiger partial charge in [0.15, 0.2) is 5.82 Å². The molecule has 17 heavy (non-hydrogen) atoms. The Balaban J connectivity index is 3.08. The molecule has 0 amide bonds. The van der Waals surface area contributed by atoms with Gasteiger partial charge in [0.2, 0.25) is 0 Å². The molecule has 1 atom stereocenters. The lowest BCUT2D eigenvalue weighted by Gasteiger charge is -2.16. The van der Waals surface area contributed by atoms with Crippen molar-refractivity contribution in [2.45, 2.75) is 45.6 Å². The monoisotopic (exact) mass is 238 g/mol. The number of hydrazine groups is 1. The van der Waals surface area contributed by atoms with E-state index < -0.39 is 0 Å². The van der Waals surface area contributed by atoms with Crippen LogP contribution in [0, 0.1) is 0 Å². The molecule has 5 heteroatoms. The average Bonchev–Trinajstić information content (AvgIpc) is 2.35. The number of anilines is 1. The van der Waals surface area contributed by atoms with Crippen molar-refractivity contribution in [2.75, 3.05) is 12.5 Å². The van der Waals surface area contributed by atoms with Crippen LogP contribution in [-0.4, -0.2) is 17.1 Å². The minimum atomic E-state index is -0.0641. The van der Waals surface area contributed by atoms with Crippen molar-refractivity contribution < 1.29 is 4.74 Å². The summed E-state index contributed by atoms with van der Waals surface area (Å²) in [4.78, 5) is 8.89. The van der Waals surface area contributed by atoms with Gasteiger partial charge in [-0.3, -0.25) is 0 Å². The van der Waals surface area contributed by atoms with E-state index in [4.69, 9.17) is 10.6 Å². The topological polar surface area (TPSA) is 73.1 Å². The number of nitrogen functional groups attached to an aromatic ring is 1. The zero-order chi connectivity index (χ0) is 12.8. The van der Waals surface area contributed by atoms with E-state index in [1.165, 1.54) is 0 Å². The summed E-state index contributed by atoms with van der Waals surface area (Å²) in [6.45, 7) is 6.29. The number of nitrogens with one attached hydrogen (secondary N) is 1. The summed E-state index contributed by atoms with van der Waals surface area (Å²) in [5, 5.41) is 0. The molecule has 0 aromatic carbocycles. The Morgan fingerprint density at radius 2 is 2.12 bits per heavy atom. The van der Waals surface area contributed by atoms with Gasteiger partial charge in [-0.15, -0.1) is 0 Å². The fraction of sp³-hybridized carbons (Fsp3) is 0.667. The van der Waals surface area contributed by atoms with E-state index in [-0.39, 0.29) is 6.10 Å². The normalized spacial score (nSPS) is 12.8. The molecule has 0 saturated carbocycles. The van der Waals surface area contributed by atoms with Gasteiger partial charge in [-0.05, 0) is 12.3 Å². The van der Waals surface area contributed by atoms with Crippen molar-refractivity contribution in [3.05, 3.63) is 17.6 Å². The summed E-state index contributed by atoms with van der Waals surface area (Å²) in [5.74, 6) is 7.10. The van der Waals surface area contributed by atoms with E-state index in [9.17, 15) is 0 Å². The zero-order valence-corrected chi connectivity index (χ0v) is 11.0. The van der Waals surface area contributed by atoms with Gasteiger partial charge in [-0.25, -0.2) is 15.8 Å². The lowest BCUT2D eigenvalue weighted by atomic mass is 10.1. The number of aromatic nitrogens is 2. The van der Waals surface area contributed by atoms with Crippen LogP contribution in [0.2, 0.25) is 0 Å². The van der Waals surface area contributed by atoms with E-state index in [1.54, 1.807) is 7.11 Å². The molecule has 0 aliphatic heterocycles. The summed E-state index contributed by atoms with van der Waals surface area (Å²) in [5.41, 5.74) is 3.55. The predicted octanol–water partition coefficient (Wildman–Crippen LogP) is 2.37. The fourth-order valence-electron chi connectivity index (χ4n) is 1.61. The molecular formula is C12H22N4O. The van der Waals surface area contributed by atoms with Crippen LogP contribution in [0.1, 0.15) is 57.2 Å². The van der Waals surface area contributed by atoms with Gasteiger partial charge in [0.05, 0.1) is 0 Å². The SMILES string of the molecule is CCCC(OC)c1nc(NN)cc(C(C)C)n1. The van der Waals surface area contributed by atoms with Gasteiger partial charge in [0, 0.05) is 18.9 Å². The van der Waals surface area contributed by atoms with Gasteiger partial charge in [-0.2, -0.15) is 0 Å². The van der Waals surface area contributed by atoms with Gasteiger partial charge in [0.1, 0.15) is 11.9 Å². The van der Waals surface area contributed by atoms with Crippen molar-refractivity contribution >= 4 is 5.82 Å². The number of hydrogen-bond donors (Lipinski definition) is 2. The number of ether oxygens (including phenoxy) is 1. The van der Waals surface area contributed by atoms with Crippen molar-refractivity contribution in [1.29, 1.82) is 0 Å². The van der Waals surface area contributed by atoms with Crippen molar-refractivity contribution in [1.82, 2.24) is 9.97 Å². The lowest BCUT2D eigenvalue weighted by Crippen LogP contribution is -2.15. The van der Waals surface area contributed by atoms with Gasteiger partial charge < -0.3 is 10.2 Å². The molecule has 1 unspecified atom stereocenters. The van der Waals surface area contributed by atoms with Crippen LogP contribution >= 0.6 is 0 Å². The summed E-state index contributed by atoms with van der Waals surface area (Å²) in [6, 6.07) is 1.87. The van der Waals surface area contributed by atoms with Crippen LogP contribution < -0.4 is 11.3 Å². The second kappa shape index (κ2) is 6.51. The Hall–Kier alpha value is -1.20. The number of methoxy groups -OCH3 is 1. The summed E-state index contributed by atoms with van der Waals surface area (Å²) >= 11 is 0. The lowest BCUT2D eigenvalue weighted by molar-refractivity contribution is 0.0875. The van der Waals surface area contributed by atoms with E-state index in [0.717, 1.165) is 18.5 Å². The third kappa shape index (κ3) is 3.64. The second-order valence-electron chi connectivity index (χ2n) is 4.35. The Morgan fingerprint density at radius 1 is 1.41 bits per heavy atom. The van der Waals surface area contributed by atoms with E-state index in [2.05, 4.69) is 36.2 Å². The Bertz CT molecular complexity index is 354. The predicted molar refractivity (Wildman–Crippen MR) is 68.6 cm³/mol. The number of nitrogens with zero attached hydrogens (tertiary/aromatic N) is 2. The molecule has 0 bridgehead atoms. The first-order valence-corrected chi connectivity index (χ1v) is 6.00. The van der Waals surface area contributed by atoms with Crippen LogP contribution in [0.5, 0.6) is 0 Å². The smallest absolute Gasteiger partial charge is 0.159 e. The molecule has 0 saturated heterocycles. The van der Waals surface area contributed by atoms with Crippen LogP contribution in [0.3, 0.4) is 0 Å². The minimum Gasteiger partial charge on any atom is -0.373 e. The molecular weight excluding hydrogens is 216 g/mol. The average molecular weight is 238 g/mol. The quantitative estimate of drug-likeness (QED) is 0.588. The highest BCUT2D eigenvalue weighted by atomic mass is 16.5. The highest BCUT2D eigenvalue weighted by Gasteiger charge is 2.16. The third-order valence-corrected chi connectivity index (χ3v) is 2.63. The molecule has 1 aromatic heterocycles. The van der Waals surface area contributed by atoms with Crippen molar-refractivity contribution in [3.8, 4) is 0 Å². The second-order valence-corrected chi connectivity index (χ2v) is 4.35. The molecule has 5 nitrogen and oxygen atoms in total. The molecule has 0 aliphatic carbocycles. The Labute approximate surface area is 103 Å². The first kappa shape index (κ1) is 13.9. The van der Waals surface area contributed by atoms with Gasteiger partial charge >= 0.3 is 0 Å². The Morgan fingerprint density at radius 3 is 2.59 bits per heavy atom. The largest absolute Gasteiger partial charge is 0.373 e. The highest BCUT2D eigenvalue weighted by molar-refractivity contribution is 5.35. The molecule has 3 N–H and O–H groups in total. The van der Waals surface area contributed by atoms with Crippen molar-refractivity contribution in [3.63, 3.8) is 0 Å². The maximum absolute atomic E-state index is 5.42. The van der Waals surface area contributed by atoms with Gasteiger partial charge in [0.25, 0.3) is 0 Å². The molecule has 0 spiro atoms. The minimum absolute atomic E-state index is 0.0641. The highest BCUT2D eigenvalue weighted by Crippen LogP contribution is 2.22. The maximum atomic E-state index is 5.42. The standard InChI is InChI=1S/C12H22N4O/c1-5-6-10(17-4)12-14-9(8(2)3)7-11(15-12)16-13/h7-8,10H,5-6,13H2,1-4H3,(H,14,15,16). The fourth-order valence-corrected chi connectivity index (χ4v) is 1.61. The summed E-state index contributed by atoms with van der Waals surface area (Å²) < 4.78 is 5.42. The molecule has 0 fully saturated rings. The van der Waals surface area contributed by atoms with E-state index in [0.29, 0.717) is 17.6 Å². The van der Waals surface area contributed by atoms with Crippen LogP contribution in [0.4, 0.5) is 5.82 Å². The first-order chi connectivity index (χ1) is 8.12. The van der Waals surface area contributed by atoms with Crippen molar-refractivity contribution in [2.24, 2.45) is 5.84 Å². The first-order valence-electron chi connectivity index (χ1n) is 6.00. The number of hydrogen-bond acceptors (Lipinski definition) is 5. The van der Waals surface area contributed by atoms with E-state index >= 15 is 0 Å². The summed E-state index contributed by atoms with van der Waals surface area (Å²) in [7, 11) is 1.68. The maximum Gasteiger partial charge on any atom is 0.159 e. The molecule has 1 aromatic rings. The molecule has 0 radical (unpaired) electrons. The van der Waals surface area contributed by atoms with Gasteiger partial charge in [-0.1, -0.05) is 27.2 Å². The zero-order valence-electron chi connectivity index (χ0n) is 11.0. The number of nitrogens with two attached hydrogens (primary N) is 1. The van der Waals surface area contributed by atoms with Crippen LogP contribution in [0.15, 0.2) is 6.07 Å². The van der Waals surface area contributed by atoms with Crippen LogP contribution in [-0.2, 0) is 4.74 Å². The summed E-state index contributed by atoms with van der Waals surface area (Å²) in [6.07, 6.45) is 1.87. The molecule has 0 aliphatic rings. The van der Waals surface area contributed by atoms with E-state index in [1.807, 2.05) is 6.07 Å². The third-order valence-electron chi connectivity index (χ3n) is 2.63. The van der Waals surface area contributed by atoms with Crippen LogP contribution in [0.25, 0.3) is 0 Å². The Kier molecular flexibility index (Phi) is 5.31. The molecule has 1 rings (SSSR count). The molecule has 96 valence electrons. The number of rotatable bonds is 6.